The third kappa shape index (κ3) is 4.79. The van der Waals surface area contributed by atoms with Crippen molar-refractivity contribution in [1.82, 2.24) is 10.3 Å². The predicted molar refractivity (Wildman–Crippen MR) is 105 cm³/mol. The van der Waals surface area contributed by atoms with Gasteiger partial charge in [0.15, 0.2) is 0 Å². The molecule has 0 saturated heterocycles. The van der Waals surface area contributed by atoms with E-state index < -0.39 is 18.1 Å². The summed E-state index contributed by atoms with van der Waals surface area (Å²) in [5, 5.41) is 3.25. The van der Waals surface area contributed by atoms with E-state index in [4.69, 9.17) is 16.3 Å². The topological polar surface area (TPSA) is 51.2 Å². The molecule has 7 heteroatoms. The Balaban J connectivity index is 1.75. The largest absolute Gasteiger partial charge is 0.444 e. The van der Waals surface area contributed by atoms with Crippen molar-refractivity contribution in [1.29, 1.82) is 0 Å². The van der Waals surface area contributed by atoms with Crippen molar-refractivity contribution in [2.24, 2.45) is 0 Å². The molecule has 1 aliphatic rings. The maximum atomic E-state index is 12.9. The van der Waals surface area contributed by atoms with E-state index in [0.717, 1.165) is 12.8 Å². The lowest BCUT2D eigenvalue weighted by atomic mass is 9.99. The number of pyridine rings is 1. The molecule has 0 radical (unpaired) electrons. The van der Waals surface area contributed by atoms with Crippen molar-refractivity contribution >= 4 is 17.7 Å². The number of carbonyl (C=O) groups excluding carboxylic acids is 1. The van der Waals surface area contributed by atoms with Crippen LogP contribution in [0.15, 0.2) is 36.5 Å². The second-order valence-corrected chi connectivity index (χ2v) is 8.52. The average molecular weight is 409 g/mol. The van der Waals surface area contributed by atoms with E-state index in [0.29, 0.717) is 28.4 Å². The minimum atomic E-state index is -2.53. The number of ether oxygens (including phenoxy) is 1. The molecule has 28 heavy (non-hydrogen) atoms. The number of nitrogens with zero attached hydrogens (tertiary/aromatic N) is 1. The molecule has 1 saturated carbocycles. The fraction of sp³-hybridized carbons (Fsp3) is 0.429. The number of aromatic nitrogens is 1. The molecule has 1 aromatic carbocycles. The number of halogens is 3. The number of nitrogens with one attached hydrogen (secondary N) is 1. The van der Waals surface area contributed by atoms with Crippen LogP contribution in [0.2, 0.25) is 5.02 Å². The van der Waals surface area contributed by atoms with Gasteiger partial charge in [0.25, 0.3) is 6.43 Å². The van der Waals surface area contributed by atoms with Gasteiger partial charge >= 0.3 is 6.09 Å². The lowest BCUT2D eigenvalue weighted by Gasteiger charge is -2.22. The Morgan fingerprint density at radius 3 is 2.57 bits per heavy atom. The summed E-state index contributed by atoms with van der Waals surface area (Å²) in [7, 11) is 0. The smallest absolute Gasteiger partial charge is 0.407 e. The Morgan fingerprint density at radius 2 is 2.00 bits per heavy atom. The predicted octanol–water partition coefficient (Wildman–Crippen LogP) is 5.90. The molecular formula is C21H23ClF2N2O2. The van der Waals surface area contributed by atoms with Gasteiger partial charge in [-0.3, -0.25) is 4.98 Å². The van der Waals surface area contributed by atoms with Crippen LogP contribution in [0.25, 0.3) is 11.1 Å². The molecular weight excluding hydrogens is 386 g/mol. The zero-order valence-corrected chi connectivity index (χ0v) is 16.8. The zero-order chi connectivity index (χ0) is 20.5. The molecule has 1 aromatic heterocycles. The second-order valence-electron chi connectivity index (χ2n) is 8.12. The molecule has 4 nitrogen and oxygen atoms in total. The van der Waals surface area contributed by atoms with E-state index in [9.17, 15) is 13.6 Å². The van der Waals surface area contributed by atoms with E-state index in [-0.39, 0.29) is 11.0 Å². The van der Waals surface area contributed by atoms with Crippen LogP contribution in [0.1, 0.15) is 51.3 Å². The van der Waals surface area contributed by atoms with Gasteiger partial charge in [-0.1, -0.05) is 29.8 Å². The molecule has 1 fully saturated rings. The highest BCUT2D eigenvalue weighted by Gasteiger charge is 2.47. The number of rotatable bonds is 5. The first-order valence-electron chi connectivity index (χ1n) is 9.11. The number of hydrogen-bond acceptors (Lipinski definition) is 3. The van der Waals surface area contributed by atoms with Crippen LogP contribution in [0.3, 0.4) is 0 Å². The van der Waals surface area contributed by atoms with Crippen molar-refractivity contribution in [3.63, 3.8) is 0 Å². The van der Waals surface area contributed by atoms with Gasteiger partial charge < -0.3 is 10.1 Å². The minimum absolute atomic E-state index is 0.0436. The van der Waals surface area contributed by atoms with Gasteiger partial charge in [0, 0.05) is 29.3 Å². The summed E-state index contributed by atoms with van der Waals surface area (Å²) in [6, 6.07) is 7.90. The van der Waals surface area contributed by atoms with Crippen molar-refractivity contribution in [2.75, 3.05) is 6.54 Å². The molecule has 1 aliphatic carbocycles. The quantitative estimate of drug-likeness (QED) is 0.670. The molecule has 0 spiro atoms. The van der Waals surface area contributed by atoms with Gasteiger partial charge in [0.05, 0.1) is 10.7 Å². The molecule has 2 aromatic rings. The van der Waals surface area contributed by atoms with E-state index in [2.05, 4.69) is 10.3 Å². The van der Waals surface area contributed by atoms with Crippen LogP contribution in [0.4, 0.5) is 13.6 Å². The van der Waals surface area contributed by atoms with Crippen LogP contribution in [0, 0.1) is 0 Å². The van der Waals surface area contributed by atoms with Crippen LogP contribution in [0.5, 0.6) is 0 Å². The molecule has 0 bridgehead atoms. The van der Waals surface area contributed by atoms with E-state index >= 15 is 0 Å². The Kier molecular flexibility index (Phi) is 5.62. The third-order valence-electron chi connectivity index (χ3n) is 4.64. The second kappa shape index (κ2) is 7.66. The summed E-state index contributed by atoms with van der Waals surface area (Å²) < 4.78 is 31.1. The fourth-order valence-corrected chi connectivity index (χ4v) is 3.41. The van der Waals surface area contributed by atoms with Crippen LogP contribution < -0.4 is 5.32 Å². The number of alkyl halides is 2. The van der Waals surface area contributed by atoms with Gasteiger partial charge in [-0.2, -0.15) is 0 Å². The van der Waals surface area contributed by atoms with Crippen molar-refractivity contribution in [3.05, 3.63) is 52.8 Å². The summed E-state index contributed by atoms with van der Waals surface area (Å²) in [5.41, 5.74) is 1.10. The zero-order valence-electron chi connectivity index (χ0n) is 16.1. The normalized spacial score (nSPS) is 15.4. The summed E-state index contributed by atoms with van der Waals surface area (Å²) in [5.74, 6) is 0. The molecule has 0 aliphatic heterocycles. The van der Waals surface area contributed by atoms with Crippen molar-refractivity contribution in [2.45, 2.75) is 51.1 Å². The molecule has 0 unspecified atom stereocenters. The summed E-state index contributed by atoms with van der Waals surface area (Å²) >= 11 is 6.47. The lowest BCUT2D eigenvalue weighted by molar-refractivity contribution is 0.0522. The monoisotopic (exact) mass is 408 g/mol. The standard InChI is InChI=1S/C21H23ClF2N2O2/c1-20(2,3)28-19(27)26-12-21(7-8-21)17-16(22)10-15(11-25-17)13-5-4-6-14(9-13)18(23)24/h4-6,9-11,18H,7-8,12H2,1-3H3,(H,26,27). The average Bonchev–Trinajstić information content (AvgIpc) is 3.39. The maximum absolute atomic E-state index is 12.9. The summed E-state index contributed by atoms with van der Waals surface area (Å²) in [6.07, 6.45) is 0.344. The van der Waals surface area contributed by atoms with Gasteiger partial charge in [0.2, 0.25) is 0 Å². The highest BCUT2D eigenvalue weighted by atomic mass is 35.5. The molecule has 3 rings (SSSR count). The molecule has 1 N–H and O–H groups in total. The third-order valence-corrected chi connectivity index (χ3v) is 4.93. The van der Waals surface area contributed by atoms with Crippen LogP contribution >= 0.6 is 11.6 Å². The number of carbonyl (C=O) groups is 1. The van der Waals surface area contributed by atoms with Gasteiger partial charge in [0.1, 0.15) is 5.60 Å². The van der Waals surface area contributed by atoms with E-state index in [1.165, 1.54) is 12.1 Å². The number of benzene rings is 1. The summed E-state index contributed by atoms with van der Waals surface area (Å²) in [6.45, 7) is 5.80. The molecule has 150 valence electrons. The number of amides is 1. The first kappa shape index (κ1) is 20.5. The summed E-state index contributed by atoms with van der Waals surface area (Å²) in [4.78, 5) is 16.4. The van der Waals surface area contributed by atoms with E-state index in [1.54, 1.807) is 45.2 Å². The van der Waals surface area contributed by atoms with Gasteiger partial charge in [-0.05, 0) is 51.3 Å². The van der Waals surface area contributed by atoms with Crippen LogP contribution in [-0.4, -0.2) is 23.2 Å². The van der Waals surface area contributed by atoms with Gasteiger partial charge in [-0.25, -0.2) is 13.6 Å². The number of hydrogen-bond donors (Lipinski definition) is 1. The highest BCUT2D eigenvalue weighted by Crippen LogP contribution is 2.49. The Morgan fingerprint density at radius 1 is 1.29 bits per heavy atom. The van der Waals surface area contributed by atoms with Gasteiger partial charge in [-0.15, -0.1) is 0 Å². The Hall–Kier alpha value is -2.21. The van der Waals surface area contributed by atoms with Crippen LogP contribution in [-0.2, 0) is 10.2 Å². The molecule has 0 atom stereocenters. The number of alkyl carbamates (subject to hydrolysis) is 1. The lowest BCUT2D eigenvalue weighted by Crippen LogP contribution is -2.37. The SMILES string of the molecule is CC(C)(C)OC(=O)NCC1(c2ncc(-c3cccc(C(F)F)c3)cc2Cl)CC1. The molecule has 1 amide bonds. The van der Waals surface area contributed by atoms with Crippen molar-refractivity contribution < 1.29 is 18.3 Å². The fourth-order valence-electron chi connectivity index (χ4n) is 3.04. The van der Waals surface area contributed by atoms with E-state index in [1.807, 2.05) is 0 Å². The first-order chi connectivity index (χ1) is 13.1. The van der Waals surface area contributed by atoms with Crippen molar-refractivity contribution in [3.8, 4) is 11.1 Å². The maximum Gasteiger partial charge on any atom is 0.407 e. The Labute approximate surface area is 168 Å². The first-order valence-corrected chi connectivity index (χ1v) is 9.49. The Bertz CT molecular complexity index is 877. The molecule has 1 heterocycles. The minimum Gasteiger partial charge on any atom is -0.444 e. The highest BCUT2D eigenvalue weighted by molar-refractivity contribution is 6.31.